The van der Waals surface area contributed by atoms with Gasteiger partial charge < -0.3 is 5.32 Å². The molecule has 6 heteroatoms. The number of nitrogens with one attached hydrogen (secondary N) is 1. The summed E-state index contributed by atoms with van der Waals surface area (Å²) in [6.07, 6.45) is 2.64. The summed E-state index contributed by atoms with van der Waals surface area (Å²) >= 11 is 0. The van der Waals surface area contributed by atoms with Crippen LogP contribution in [0.25, 0.3) is 0 Å². The summed E-state index contributed by atoms with van der Waals surface area (Å²) in [6, 6.07) is 7.79. The van der Waals surface area contributed by atoms with Gasteiger partial charge in [0.05, 0.1) is 12.2 Å². The lowest BCUT2D eigenvalue weighted by atomic mass is 9.98. The van der Waals surface area contributed by atoms with E-state index in [1.807, 2.05) is 24.3 Å². The van der Waals surface area contributed by atoms with E-state index in [4.69, 9.17) is 0 Å². The maximum Gasteiger partial charge on any atom is 0.228 e. The van der Waals surface area contributed by atoms with Crippen LogP contribution in [0.15, 0.2) is 24.3 Å². The summed E-state index contributed by atoms with van der Waals surface area (Å²) < 4.78 is 24.6. The normalized spacial score (nSPS) is 20.1. The van der Waals surface area contributed by atoms with Crippen LogP contribution in [-0.4, -0.2) is 38.0 Å². The monoisotopic (exact) mass is 324 g/mol. The largest absolute Gasteiger partial charge is 0.326 e. The van der Waals surface area contributed by atoms with Crippen LogP contribution in [0.2, 0.25) is 0 Å². The zero-order valence-electron chi connectivity index (χ0n) is 13.4. The van der Waals surface area contributed by atoms with E-state index in [1.54, 1.807) is 0 Å². The Morgan fingerprint density at radius 2 is 1.91 bits per heavy atom. The van der Waals surface area contributed by atoms with Crippen molar-refractivity contribution >= 4 is 21.6 Å². The number of hydrogen-bond acceptors (Lipinski definition) is 3. The number of piperidine rings is 1. The highest BCUT2D eigenvalue weighted by molar-refractivity contribution is 7.88. The van der Waals surface area contributed by atoms with E-state index in [1.165, 1.54) is 16.1 Å². The molecule has 1 unspecified atom stereocenters. The third kappa shape index (κ3) is 4.30. The van der Waals surface area contributed by atoms with Crippen LogP contribution in [0.4, 0.5) is 5.69 Å². The molecule has 5 nitrogen and oxygen atoms in total. The average Bonchev–Trinajstić information content (AvgIpc) is 2.47. The van der Waals surface area contributed by atoms with E-state index in [0.717, 1.165) is 18.5 Å². The zero-order chi connectivity index (χ0) is 16.3. The van der Waals surface area contributed by atoms with E-state index in [2.05, 4.69) is 19.2 Å². The molecule has 0 bridgehead atoms. The summed E-state index contributed by atoms with van der Waals surface area (Å²) in [6.45, 7) is 5.02. The Labute approximate surface area is 132 Å². The van der Waals surface area contributed by atoms with Crippen LogP contribution in [0, 0.1) is 5.92 Å². The molecule has 1 aromatic carbocycles. The van der Waals surface area contributed by atoms with Gasteiger partial charge in [-0.15, -0.1) is 0 Å². The molecule has 1 heterocycles. The molecule has 0 aromatic heterocycles. The molecule has 1 aliphatic rings. The number of hydrogen-bond donors (Lipinski definition) is 1. The fourth-order valence-corrected chi connectivity index (χ4v) is 3.56. The lowest BCUT2D eigenvalue weighted by Crippen LogP contribution is -2.43. The maximum atomic E-state index is 12.3. The Morgan fingerprint density at radius 1 is 1.27 bits per heavy atom. The number of nitrogens with zero attached hydrogens (tertiary/aromatic N) is 1. The number of carbonyl (C=O) groups is 1. The van der Waals surface area contributed by atoms with Gasteiger partial charge in [0.15, 0.2) is 0 Å². The number of sulfonamides is 1. The van der Waals surface area contributed by atoms with Gasteiger partial charge in [0.25, 0.3) is 0 Å². The number of anilines is 1. The van der Waals surface area contributed by atoms with Crippen LogP contribution in [0.3, 0.4) is 0 Å². The molecule has 1 atom stereocenters. The van der Waals surface area contributed by atoms with Gasteiger partial charge in [-0.3, -0.25) is 4.79 Å². The standard InChI is InChI=1S/C16H24N2O3S/c1-12(2)13-6-8-15(9-7-13)17-16(19)14-5-4-10-18(11-14)22(3,20)21/h6-9,12,14H,4-5,10-11H2,1-3H3,(H,17,19). The molecule has 1 saturated heterocycles. The van der Waals surface area contributed by atoms with Gasteiger partial charge in [-0.25, -0.2) is 12.7 Å². The smallest absolute Gasteiger partial charge is 0.228 e. The molecular weight excluding hydrogens is 300 g/mol. The highest BCUT2D eigenvalue weighted by Crippen LogP contribution is 2.22. The van der Waals surface area contributed by atoms with E-state index < -0.39 is 10.0 Å². The van der Waals surface area contributed by atoms with Gasteiger partial charge in [-0.05, 0) is 36.5 Å². The van der Waals surface area contributed by atoms with Gasteiger partial charge in [0.2, 0.25) is 15.9 Å². The van der Waals surface area contributed by atoms with Gasteiger partial charge in [-0.1, -0.05) is 26.0 Å². The molecule has 1 aliphatic heterocycles. The second-order valence-electron chi connectivity index (χ2n) is 6.23. The number of rotatable bonds is 4. The van der Waals surface area contributed by atoms with Crippen LogP contribution in [0.5, 0.6) is 0 Å². The van der Waals surface area contributed by atoms with Crippen LogP contribution in [-0.2, 0) is 14.8 Å². The van der Waals surface area contributed by atoms with E-state index in [9.17, 15) is 13.2 Å². The minimum Gasteiger partial charge on any atom is -0.326 e. The predicted octanol–water partition coefficient (Wildman–Crippen LogP) is 2.42. The lowest BCUT2D eigenvalue weighted by Gasteiger charge is -2.30. The third-order valence-corrected chi connectivity index (χ3v) is 5.34. The van der Waals surface area contributed by atoms with Gasteiger partial charge in [0.1, 0.15) is 0 Å². The van der Waals surface area contributed by atoms with Crippen molar-refractivity contribution in [1.29, 1.82) is 0 Å². The topological polar surface area (TPSA) is 66.5 Å². The lowest BCUT2D eigenvalue weighted by molar-refractivity contribution is -0.120. The number of amides is 1. The van der Waals surface area contributed by atoms with Crippen molar-refractivity contribution in [3.8, 4) is 0 Å². The van der Waals surface area contributed by atoms with Crippen molar-refractivity contribution in [2.75, 3.05) is 24.7 Å². The number of carbonyl (C=O) groups excluding carboxylic acids is 1. The molecule has 1 N–H and O–H groups in total. The van der Waals surface area contributed by atoms with E-state index in [0.29, 0.717) is 12.5 Å². The van der Waals surface area contributed by atoms with Crippen LogP contribution >= 0.6 is 0 Å². The predicted molar refractivity (Wildman–Crippen MR) is 88.3 cm³/mol. The number of benzene rings is 1. The molecule has 0 spiro atoms. The first-order valence-electron chi connectivity index (χ1n) is 7.63. The Kier molecular flexibility index (Phi) is 5.24. The average molecular weight is 324 g/mol. The fraction of sp³-hybridized carbons (Fsp3) is 0.562. The van der Waals surface area contributed by atoms with Crippen LogP contribution in [0.1, 0.15) is 38.2 Å². The second kappa shape index (κ2) is 6.79. The SMILES string of the molecule is CC(C)c1ccc(NC(=O)C2CCCN(S(C)(=O)=O)C2)cc1. The van der Waals surface area contributed by atoms with Crippen molar-refractivity contribution in [2.45, 2.75) is 32.6 Å². The van der Waals surface area contributed by atoms with Crippen molar-refractivity contribution in [3.63, 3.8) is 0 Å². The molecule has 0 radical (unpaired) electrons. The zero-order valence-corrected chi connectivity index (χ0v) is 14.2. The van der Waals surface area contributed by atoms with Gasteiger partial charge in [0, 0.05) is 18.8 Å². The molecule has 0 saturated carbocycles. The first kappa shape index (κ1) is 17.0. The highest BCUT2D eigenvalue weighted by Gasteiger charge is 2.30. The molecule has 0 aliphatic carbocycles. The molecule has 1 fully saturated rings. The molecular formula is C16H24N2O3S. The van der Waals surface area contributed by atoms with Crippen molar-refractivity contribution in [2.24, 2.45) is 5.92 Å². The Hall–Kier alpha value is -1.40. The van der Waals surface area contributed by atoms with E-state index in [-0.39, 0.29) is 18.4 Å². The first-order chi connectivity index (χ1) is 10.3. The minimum absolute atomic E-state index is 0.106. The van der Waals surface area contributed by atoms with Gasteiger partial charge in [-0.2, -0.15) is 0 Å². The van der Waals surface area contributed by atoms with Gasteiger partial charge >= 0.3 is 0 Å². The molecule has 1 aromatic rings. The summed E-state index contributed by atoms with van der Waals surface area (Å²) in [4.78, 5) is 12.3. The first-order valence-corrected chi connectivity index (χ1v) is 9.48. The maximum absolute atomic E-state index is 12.3. The Balaban J connectivity index is 1.99. The molecule has 2 rings (SSSR count). The second-order valence-corrected chi connectivity index (χ2v) is 8.21. The van der Waals surface area contributed by atoms with E-state index >= 15 is 0 Å². The summed E-state index contributed by atoms with van der Waals surface area (Å²) in [5.74, 6) is 0.0605. The van der Waals surface area contributed by atoms with Crippen molar-refractivity contribution in [1.82, 2.24) is 4.31 Å². The summed E-state index contributed by atoms with van der Waals surface area (Å²) in [5.41, 5.74) is 1.98. The quantitative estimate of drug-likeness (QED) is 0.925. The summed E-state index contributed by atoms with van der Waals surface area (Å²) in [5, 5.41) is 2.89. The Morgan fingerprint density at radius 3 is 2.45 bits per heavy atom. The van der Waals surface area contributed by atoms with Crippen LogP contribution < -0.4 is 5.32 Å². The highest BCUT2D eigenvalue weighted by atomic mass is 32.2. The molecule has 1 amide bonds. The van der Waals surface area contributed by atoms with Crippen molar-refractivity contribution in [3.05, 3.63) is 29.8 Å². The van der Waals surface area contributed by atoms with Crippen molar-refractivity contribution < 1.29 is 13.2 Å². The minimum atomic E-state index is -3.23. The third-order valence-electron chi connectivity index (χ3n) is 4.07. The molecule has 22 heavy (non-hydrogen) atoms. The summed E-state index contributed by atoms with van der Waals surface area (Å²) in [7, 11) is -3.23. The Bertz CT molecular complexity index is 623. The fourth-order valence-electron chi connectivity index (χ4n) is 2.65. The molecule has 122 valence electrons.